The molecule has 7 nitrogen and oxygen atoms in total. The maximum absolute atomic E-state index is 12.5. The maximum atomic E-state index is 12.5. The van der Waals surface area contributed by atoms with Gasteiger partial charge in [-0.3, -0.25) is 4.79 Å². The summed E-state index contributed by atoms with van der Waals surface area (Å²) < 4.78 is 10.6. The molecular weight excluding hydrogens is 370 g/mol. The van der Waals surface area contributed by atoms with E-state index in [2.05, 4.69) is 0 Å². The predicted octanol–water partition coefficient (Wildman–Crippen LogP) is 2.05. The second-order valence-electron chi connectivity index (χ2n) is 7.58. The summed E-state index contributed by atoms with van der Waals surface area (Å²) in [6.07, 6.45) is 1.79. The molecule has 27 heavy (non-hydrogen) atoms. The van der Waals surface area contributed by atoms with E-state index in [4.69, 9.17) is 26.8 Å². The van der Waals surface area contributed by atoms with Gasteiger partial charge in [0.1, 0.15) is 12.4 Å². The summed E-state index contributed by atoms with van der Waals surface area (Å²) >= 11 is 6.20. The minimum atomic E-state index is -0.615. The highest BCUT2D eigenvalue weighted by Gasteiger charge is 2.44. The zero-order chi connectivity index (χ0) is 19.4. The van der Waals surface area contributed by atoms with Gasteiger partial charge in [0.05, 0.1) is 17.2 Å². The largest absolute Gasteiger partial charge is 0.492 e. The quantitative estimate of drug-likeness (QED) is 0.745. The van der Waals surface area contributed by atoms with Gasteiger partial charge in [0, 0.05) is 26.2 Å². The van der Waals surface area contributed by atoms with E-state index in [0.29, 0.717) is 55.9 Å². The molecule has 2 aliphatic heterocycles. The molecule has 3 rings (SSSR count). The number of amides is 2. The third kappa shape index (κ3) is 4.84. The van der Waals surface area contributed by atoms with Crippen molar-refractivity contribution in [2.24, 2.45) is 11.7 Å². The van der Waals surface area contributed by atoms with Crippen LogP contribution in [0.3, 0.4) is 0 Å². The lowest BCUT2D eigenvalue weighted by atomic mass is 9.92. The number of rotatable bonds is 6. The molecule has 2 amide bonds. The molecule has 2 N–H and O–H groups in total. The van der Waals surface area contributed by atoms with Crippen molar-refractivity contribution >= 4 is 24.1 Å². The fraction of sp³-hybridized carbons (Fsp3) is 0.579. The molecule has 2 aliphatic rings. The van der Waals surface area contributed by atoms with E-state index in [1.807, 2.05) is 30.0 Å². The molecule has 2 heterocycles. The van der Waals surface area contributed by atoms with Crippen molar-refractivity contribution in [2.75, 3.05) is 39.4 Å². The van der Waals surface area contributed by atoms with Crippen LogP contribution >= 0.6 is 11.6 Å². The lowest BCUT2D eigenvalue weighted by Crippen LogP contribution is -2.72. The number of hydrogen-bond acceptors (Lipinski definition) is 5. The van der Waals surface area contributed by atoms with Gasteiger partial charge < -0.3 is 25.0 Å². The Balaban J connectivity index is 1.40. The Labute approximate surface area is 164 Å². The number of halogens is 1. The minimum Gasteiger partial charge on any atom is -0.492 e. The van der Waals surface area contributed by atoms with E-state index in [1.54, 1.807) is 4.90 Å². The van der Waals surface area contributed by atoms with E-state index in [-0.39, 0.29) is 12.6 Å². The molecule has 1 aromatic rings. The van der Waals surface area contributed by atoms with E-state index in [9.17, 15) is 9.59 Å². The van der Waals surface area contributed by atoms with E-state index < -0.39 is 5.54 Å². The molecule has 0 bridgehead atoms. The Morgan fingerprint density at radius 1 is 1.33 bits per heavy atom. The summed E-state index contributed by atoms with van der Waals surface area (Å²) in [7, 11) is 0. The first-order valence-corrected chi connectivity index (χ1v) is 9.55. The number of likely N-dealkylation sites (tertiary alicyclic amines) is 2. The maximum Gasteiger partial charge on any atom is 0.320 e. The predicted molar refractivity (Wildman–Crippen MR) is 102 cm³/mol. The Morgan fingerprint density at radius 2 is 2.04 bits per heavy atom. The van der Waals surface area contributed by atoms with E-state index in [1.165, 1.54) is 0 Å². The number of nitrogens with zero attached hydrogens (tertiary/aromatic N) is 2. The van der Waals surface area contributed by atoms with Crippen LogP contribution in [0.1, 0.15) is 18.4 Å². The van der Waals surface area contributed by atoms with Crippen molar-refractivity contribution in [1.82, 2.24) is 9.80 Å². The number of ether oxygens (including phenoxy) is 2. The van der Waals surface area contributed by atoms with Gasteiger partial charge in [0.2, 0.25) is 0 Å². The second kappa shape index (κ2) is 8.35. The SMILES string of the molecule is Cc1ccc(OCC2CCN(C(=O)N3CC(N)(COC=O)C3)CC2)c(Cl)c1. The molecule has 0 aromatic heterocycles. The molecule has 0 unspecified atom stereocenters. The van der Waals surface area contributed by atoms with Crippen LogP contribution in [0.5, 0.6) is 5.75 Å². The Hall–Kier alpha value is -1.99. The second-order valence-corrected chi connectivity index (χ2v) is 7.99. The number of piperidine rings is 1. The number of carbonyl (C=O) groups is 2. The van der Waals surface area contributed by atoms with Gasteiger partial charge in [-0.25, -0.2) is 4.79 Å². The summed E-state index contributed by atoms with van der Waals surface area (Å²) in [4.78, 5) is 26.4. The number of benzene rings is 1. The molecular formula is C19H26ClN3O4. The van der Waals surface area contributed by atoms with Crippen LogP contribution in [0, 0.1) is 12.8 Å². The Kier molecular flexibility index (Phi) is 6.11. The lowest BCUT2D eigenvalue weighted by Gasteiger charge is -2.48. The van der Waals surface area contributed by atoms with Crippen molar-refractivity contribution in [3.8, 4) is 5.75 Å². The molecule has 0 saturated carbocycles. The minimum absolute atomic E-state index is 0.00289. The number of urea groups is 1. The Morgan fingerprint density at radius 3 is 2.67 bits per heavy atom. The van der Waals surface area contributed by atoms with Crippen molar-refractivity contribution in [1.29, 1.82) is 0 Å². The van der Waals surface area contributed by atoms with Gasteiger partial charge >= 0.3 is 6.03 Å². The molecule has 0 aliphatic carbocycles. The monoisotopic (exact) mass is 395 g/mol. The highest BCUT2D eigenvalue weighted by molar-refractivity contribution is 6.32. The molecule has 1 aromatic carbocycles. The number of nitrogens with two attached hydrogens (primary N) is 1. The molecule has 2 fully saturated rings. The summed E-state index contributed by atoms with van der Waals surface area (Å²) in [6.45, 7) is 5.34. The molecule has 0 atom stereocenters. The summed E-state index contributed by atoms with van der Waals surface area (Å²) in [5.41, 5.74) is 6.55. The molecule has 8 heteroatoms. The van der Waals surface area contributed by atoms with Crippen molar-refractivity contribution in [3.63, 3.8) is 0 Å². The van der Waals surface area contributed by atoms with Crippen LogP contribution < -0.4 is 10.5 Å². The third-order valence-electron chi connectivity index (χ3n) is 5.17. The zero-order valence-corrected chi connectivity index (χ0v) is 16.3. The van der Waals surface area contributed by atoms with Gasteiger partial charge in [-0.1, -0.05) is 17.7 Å². The zero-order valence-electron chi connectivity index (χ0n) is 15.5. The topological polar surface area (TPSA) is 85.1 Å². The first-order valence-electron chi connectivity index (χ1n) is 9.17. The summed E-state index contributed by atoms with van der Waals surface area (Å²) in [5, 5.41) is 0.629. The highest BCUT2D eigenvalue weighted by Crippen LogP contribution is 2.28. The molecule has 0 radical (unpaired) electrons. The molecule has 2 saturated heterocycles. The van der Waals surface area contributed by atoms with E-state index >= 15 is 0 Å². The van der Waals surface area contributed by atoms with Crippen LogP contribution in [0.15, 0.2) is 18.2 Å². The van der Waals surface area contributed by atoms with Gasteiger partial charge in [-0.15, -0.1) is 0 Å². The highest BCUT2D eigenvalue weighted by atomic mass is 35.5. The number of hydrogen-bond donors (Lipinski definition) is 1. The van der Waals surface area contributed by atoms with Crippen LogP contribution in [0.4, 0.5) is 4.79 Å². The average molecular weight is 396 g/mol. The van der Waals surface area contributed by atoms with Crippen LogP contribution in [-0.4, -0.2) is 67.2 Å². The average Bonchev–Trinajstić information content (AvgIpc) is 2.63. The normalized spacial score (nSPS) is 19.4. The summed E-state index contributed by atoms with van der Waals surface area (Å²) in [6, 6.07) is 5.77. The van der Waals surface area contributed by atoms with Gasteiger partial charge in [0.25, 0.3) is 6.47 Å². The molecule has 0 spiro atoms. The number of aryl methyl sites for hydroxylation is 1. The summed E-state index contributed by atoms with van der Waals surface area (Å²) in [5.74, 6) is 1.11. The van der Waals surface area contributed by atoms with Gasteiger partial charge in [-0.05, 0) is 43.4 Å². The lowest BCUT2D eigenvalue weighted by molar-refractivity contribution is -0.132. The van der Waals surface area contributed by atoms with Gasteiger partial charge in [0.15, 0.2) is 0 Å². The van der Waals surface area contributed by atoms with Crippen LogP contribution in [0.2, 0.25) is 5.02 Å². The fourth-order valence-electron chi connectivity index (χ4n) is 3.56. The van der Waals surface area contributed by atoms with Crippen molar-refractivity contribution < 1.29 is 19.1 Å². The first kappa shape index (κ1) is 19.8. The smallest absolute Gasteiger partial charge is 0.320 e. The fourth-order valence-corrected chi connectivity index (χ4v) is 3.85. The molecule has 148 valence electrons. The van der Waals surface area contributed by atoms with Crippen molar-refractivity contribution in [3.05, 3.63) is 28.8 Å². The van der Waals surface area contributed by atoms with Gasteiger partial charge in [-0.2, -0.15) is 0 Å². The van der Waals surface area contributed by atoms with E-state index in [0.717, 1.165) is 18.4 Å². The third-order valence-corrected chi connectivity index (χ3v) is 5.46. The van der Waals surface area contributed by atoms with Crippen LogP contribution in [-0.2, 0) is 9.53 Å². The number of carbonyl (C=O) groups excluding carboxylic acids is 2. The first-order chi connectivity index (χ1) is 12.9. The van der Waals surface area contributed by atoms with Crippen LogP contribution in [0.25, 0.3) is 0 Å². The Bertz CT molecular complexity index is 686. The van der Waals surface area contributed by atoms with Crippen molar-refractivity contribution in [2.45, 2.75) is 25.3 Å². The standard InChI is InChI=1S/C19H26ClN3O4/c1-14-2-3-17(16(20)8-14)27-9-15-4-6-22(7-5-15)18(25)23-10-19(21,11-23)12-26-13-24/h2-3,8,13,15H,4-7,9-12,21H2,1H3.